The molecule has 2 aliphatic heterocycles. The first kappa shape index (κ1) is 17.4. The number of nitrogens with zero attached hydrogens (tertiary/aromatic N) is 2. The van der Waals surface area contributed by atoms with Gasteiger partial charge in [-0.15, -0.1) is 0 Å². The van der Waals surface area contributed by atoms with Gasteiger partial charge in [0, 0.05) is 19.1 Å². The van der Waals surface area contributed by atoms with Gasteiger partial charge in [0.25, 0.3) is 0 Å². The maximum absolute atomic E-state index is 12.9. The Morgan fingerprint density at radius 1 is 1.58 bits per heavy atom. The van der Waals surface area contributed by atoms with Crippen LogP contribution in [0.1, 0.15) is 31.9 Å². The predicted molar refractivity (Wildman–Crippen MR) is 84.7 cm³/mol. The van der Waals surface area contributed by atoms with Crippen LogP contribution in [0.3, 0.4) is 0 Å². The molecule has 2 aliphatic rings. The first-order chi connectivity index (χ1) is 11.4. The van der Waals surface area contributed by atoms with Crippen molar-refractivity contribution in [3.8, 4) is 0 Å². The Morgan fingerprint density at radius 2 is 2.38 bits per heavy atom. The summed E-state index contributed by atoms with van der Waals surface area (Å²) in [6.07, 6.45) is 3.23. The van der Waals surface area contributed by atoms with Gasteiger partial charge >= 0.3 is 5.97 Å². The highest BCUT2D eigenvalue weighted by Gasteiger charge is 2.53. The second kappa shape index (κ2) is 6.45. The number of carbonyl (C=O) groups excluding carboxylic acids is 1. The number of carbonyl (C=O) groups is 1. The molecule has 2 saturated heterocycles. The van der Waals surface area contributed by atoms with Crippen LogP contribution in [0.25, 0.3) is 0 Å². The lowest BCUT2D eigenvalue weighted by Crippen LogP contribution is -2.64. The van der Waals surface area contributed by atoms with Crippen LogP contribution in [0.5, 0.6) is 0 Å². The monoisotopic (exact) mass is 357 g/mol. The van der Waals surface area contributed by atoms with Gasteiger partial charge in [-0.3, -0.25) is 4.79 Å². The maximum Gasteiger partial charge on any atom is 0.315 e. The third kappa shape index (κ3) is 2.74. The number of ether oxygens (including phenoxy) is 1. The van der Waals surface area contributed by atoms with E-state index in [-0.39, 0.29) is 35.8 Å². The quantitative estimate of drug-likeness (QED) is 0.791. The Balaban J connectivity index is 1.93. The highest BCUT2D eigenvalue weighted by Crippen LogP contribution is 2.40. The van der Waals surface area contributed by atoms with Gasteiger partial charge in [0.15, 0.2) is 5.76 Å². The number of sulfonamides is 1. The van der Waals surface area contributed by atoms with Crippen LogP contribution >= 0.6 is 0 Å². The molecule has 8 nitrogen and oxygen atoms in total. The summed E-state index contributed by atoms with van der Waals surface area (Å²) >= 11 is 0. The van der Waals surface area contributed by atoms with Crippen molar-refractivity contribution in [2.24, 2.45) is 5.41 Å². The van der Waals surface area contributed by atoms with Gasteiger partial charge in [-0.05, 0) is 39.7 Å². The van der Waals surface area contributed by atoms with Crippen LogP contribution in [0.4, 0.5) is 0 Å². The van der Waals surface area contributed by atoms with Crippen LogP contribution in [0.15, 0.2) is 15.6 Å². The molecular formula is C15H23N3O5S. The minimum Gasteiger partial charge on any atom is -0.465 e. The second-order valence-corrected chi connectivity index (χ2v) is 8.27. The van der Waals surface area contributed by atoms with Gasteiger partial charge in [0.05, 0.1) is 18.2 Å². The van der Waals surface area contributed by atoms with Crippen molar-refractivity contribution in [1.29, 1.82) is 0 Å². The number of aryl methyl sites for hydroxylation is 1. The fourth-order valence-corrected chi connectivity index (χ4v) is 5.35. The Hall–Kier alpha value is -1.45. The van der Waals surface area contributed by atoms with Crippen molar-refractivity contribution < 1.29 is 22.5 Å². The average molecular weight is 357 g/mol. The largest absolute Gasteiger partial charge is 0.465 e. The zero-order valence-corrected chi connectivity index (χ0v) is 14.8. The molecule has 1 aromatic rings. The molecule has 24 heavy (non-hydrogen) atoms. The normalized spacial score (nSPS) is 28.3. The maximum atomic E-state index is 12.9. The lowest BCUT2D eigenvalue weighted by atomic mass is 9.71. The highest BCUT2D eigenvalue weighted by molar-refractivity contribution is 7.89. The third-order valence-electron chi connectivity index (χ3n) is 4.99. The van der Waals surface area contributed by atoms with Gasteiger partial charge < -0.3 is 14.6 Å². The van der Waals surface area contributed by atoms with Crippen LogP contribution in [-0.4, -0.2) is 56.1 Å². The first-order valence-electron chi connectivity index (χ1n) is 8.24. The molecule has 1 aromatic heterocycles. The molecule has 0 amide bonds. The number of nitrogens with one attached hydrogen (secondary N) is 1. The standard InChI is InChI=1S/C15H23N3O5S/c1-3-22-14(19)15-6-4-7-16-13(15)5-8-18(10-15)24(20,21)12-9-17-23-11(12)2/h9,13,16H,3-8,10H2,1-2H3/t13-,15+/m1/s1. The van der Waals surface area contributed by atoms with Crippen molar-refractivity contribution >= 4 is 16.0 Å². The average Bonchev–Trinajstić information content (AvgIpc) is 3.01. The SMILES string of the molecule is CCOC(=O)[C@]12CCCN[C@@H]1CCN(S(=O)(=O)c1cnoc1C)C2. The van der Waals surface area contributed by atoms with E-state index in [1.54, 1.807) is 13.8 Å². The van der Waals surface area contributed by atoms with Crippen LogP contribution in [0, 0.1) is 12.3 Å². The summed E-state index contributed by atoms with van der Waals surface area (Å²) in [6, 6.07) is -0.0553. The molecule has 2 atom stereocenters. The molecule has 3 rings (SSSR count). The zero-order valence-electron chi connectivity index (χ0n) is 13.9. The summed E-state index contributed by atoms with van der Waals surface area (Å²) in [4.78, 5) is 12.7. The number of piperidine rings is 2. The Kier molecular flexibility index (Phi) is 4.67. The molecule has 9 heteroatoms. The minimum absolute atomic E-state index is 0.0553. The number of hydrogen-bond donors (Lipinski definition) is 1. The summed E-state index contributed by atoms with van der Waals surface area (Å²) in [7, 11) is -3.74. The fourth-order valence-electron chi connectivity index (χ4n) is 3.75. The van der Waals surface area contributed by atoms with E-state index in [9.17, 15) is 13.2 Å². The van der Waals surface area contributed by atoms with Gasteiger partial charge in [0.2, 0.25) is 10.0 Å². The van der Waals surface area contributed by atoms with E-state index in [4.69, 9.17) is 9.26 Å². The summed E-state index contributed by atoms with van der Waals surface area (Å²) in [5, 5.41) is 6.93. The lowest BCUT2D eigenvalue weighted by Gasteiger charge is -2.48. The van der Waals surface area contributed by atoms with Crippen molar-refractivity contribution in [3.05, 3.63) is 12.0 Å². The molecule has 0 unspecified atom stereocenters. The van der Waals surface area contributed by atoms with Gasteiger partial charge in [0.1, 0.15) is 4.90 Å². The minimum atomic E-state index is -3.74. The molecule has 2 fully saturated rings. The van der Waals surface area contributed by atoms with Crippen molar-refractivity contribution in [2.75, 3.05) is 26.2 Å². The molecule has 0 radical (unpaired) electrons. The molecule has 0 saturated carbocycles. The zero-order chi connectivity index (χ0) is 17.4. The number of fused-ring (bicyclic) bond motifs is 1. The number of hydrogen-bond acceptors (Lipinski definition) is 7. The van der Waals surface area contributed by atoms with E-state index in [1.807, 2.05) is 0 Å². The lowest BCUT2D eigenvalue weighted by molar-refractivity contribution is -0.162. The van der Waals surface area contributed by atoms with Crippen molar-refractivity contribution in [2.45, 2.75) is 44.0 Å². The molecule has 0 spiro atoms. The third-order valence-corrected chi connectivity index (χ3v) is 6.93. The van der Waals surface area contributed by atoms with Crippen LogP contribution in [0.2, 0.25) is 0 Å². The smallest absolute Gasteiger partial charge is 0.315 e. The second-order valence-electron chi connectivity index (χ2n) is 6.36. The molecule has 0 aliphatic carbocycles. The van der Waals surface area contributed by atoms with E-state index in [0.717, 1.165) is 13.0 Å². The molecule has 0 bridgehead atoms. The van der Waals surface area contributed by atoms with Gasteiger partial charge in [-0.25, -0.2) is 8.42 Å². The van der Waals surface area contributed by atoms with E-state index >= 15 is 0 Å². The first-order valence-corrected chi connectivity index (χ1v) is 9.68. The van der Waals surface area contributed by atoms with Crippen molar-refractivity contribution in [1.82, 2.24) is 14.8 Å². The predicted octanol–water partition coefficient (Wildman–Crippen LogP) is 0.679. The van der Waals surface area contributed by atoms with E-state index < -0.39 is 15.4 Å². The molecule has 1 N–H and O–H groups in total. The Bertz CT molecular complexity index is 716. The van der Waals surface area contributed by atoms with Crippen LogP contribution < -0.4 is 5.32 Å². The van der Waals surface area contributed by atoms with E-state index in [0.29, 0.717) is 19.4 Å². The van der Waals surface area contributed by atoms with Gasteiger partial charge in [-0.1, -0.05) is 5.16 Å². The van der Waals surface area contributed by atoms with Crippen molar-refractivity contribution in [3.63, 3.8) is 0 Å². The summed E-state index contributed by atoms with van der Waals surface area (Å²) in [5.74, 6) is -0.0618. The van der Waals surface area contributed by atoms with Gasteiger partial charge in [-0.2, -0.15) is 4.31 Å². The van der Waals surface area contributed by atoms with E-state index in [1.165, 1.54) is 10.5 Å². The Labute approximate surface area is 141 Å². The number of rotatable bonds is 4. The molecule has 0 aromatic carbocycles. The summed E-state index contributed by atoms with van der Waals surface area (Å²) < 4.78 is 37.4. The molecule has 134 valence electrons. The topological polar surface area (TPSA) is 102 Å². The summed E-state index contributed by atoms with van der Waals surface area (Å²) in [6.45, 7) is 4.92. The highest BCUT2D eigenvalue weighted by atomic mass is 32.2. The molecule has 3 heterocycles. The Morgan fingerprint density at radius 3 is 3.04 bits per heavy atom. The molecular weight excluding hydrogens is 334 g/mol. The summed E-state index contributed by atoms with van der Waals surface area (Å²) in [5.41, 5.74) is -0.829. The van der Waals surface area contributed by atoms with Crippen LogP contribution in [-0.2, 0) is 19.6 Å². The fraction of sp³-hybridized carbons (Fsp3) is 0.733. The number of esters is 1. The number of aromatic nitrogens is 1. The van der Waals surface area contributed by atoms with E-state index in [2.05, 4.69) is 10.5 Å².